The molecule has 0 aliphatic carbocycles. The lowest BCUT2D eigenvalue weighted by molar-refractivity contribution is -0.159. The highest BCUT2D eigenvalue weighted by atomic mass is 16.5. The van der Waals surface area contributed by atoms with Gasteiger partial charge in [0.15, 0.2) is 0 Å². The Hall–Kier alpha value is -2.04. The molecule has 1 aromatic carbocycles. The van der Waals surface area contributed by atoms with Crippen LogP contribution in [0.5, 0.6) is 0 Å². The van der Waals surface area contributed by atoms with Crippen molar-refractivity contribution in [2.24, 2.45) is 0 Å². The van der Waals surface area contributed by atoms with Crippen LogP contribution >= 0.6 is 0 Å². The summed E-state index contributed by atoms with van der Waals surface area (Å²) in [6.07, 6.45) is 0. The molecule has 0 unspecified atom stereocenters. The molecule has 0 aromatic heterocycles. The van der Waals surface area contributed by atoms with E-state index in [-0.39, 0.29) is 6.61 Å². The molecule has 5 heteroatoms. The maximum Gasteiger partial charge on any atom is 0.398 e. The van der Waals surface area contributed by atoms with Crippen molar-refractivity contribution in [1.82, 2.24) is 5.01 Å². The van der Waals surface area contributed by atoms with Crippen molar-refractivity contribution in [3.8, 4) is 0 Å². The standard InChI is InChI=1S/C12H16N2O3/c1-4-17-12(16)11(15)14(3)13(2)10-8-6-5-7-9-10/h5-9H,4H2,1-3H3. The Morgan fingerprint density at radius 1 is 1.18 bits per heavy atom. The predicted octanol–water partition coefficient (Wildman–Crippen LogP) is 1.06. The number of likely N-dealkylation sites (N-methyl/N-ethyl adjacent to an activating group) is 1. The van der Waals surface area contributed by atoms with Gasteiger partial charge in [0.2, 0.25) is 0 Å². The van der Waals surface area contributed by atoms with E-state index in [1.807, 2.05) is 30.3 Å². The summed E-state index contributed by atoms with van der Waals surface area (Å²) < 4.78 is 4.65. The van der Waals surface area contributed by atoms with Crippen LogP contribution in [-0.4, -0.2) is 37.6 Å². The second-order valence-corrected chi connectivity index (χ2v) is 3.41. The first kappa shape index (κ1) is 13.0. The first-order valence-electron chi connectivity index (χ1n) is 5.31. The molecule has 1 amide bonds. The molecule has 0 bridgehead atoms. The number of amides is 1. The third-order valence-electron chi connectivity index (χ3n) is 2.32. The van der Waals surface area contributed by atoms with Crippen LogP contribution in [0.15, 0.2) is 30.3 Å². The number of para-hydroxylation sites is 1. The van der Waals surface area contributed by atoms with Gasteiger partial charge in [0, 0.05) is 14.1 Å². The fraction of sp³-hybridized carbons (Fsp3) is 0.333. The highest BCUT2D eigenvalue weighted by molar-refractivity contribution is 6.32. The summed E-state index contributed by atoms with van der Waals surface area (Å²) in [7, 11) is 3.22. The van der Waals surface area contributed by atoms with Gasteiger partial charge in [-0.3, -0.25) is 9.80 Å². The van der Waals surface area contributed by atoms with Gasteiger partial charge in [0.25, 0.3) is 0 Å². The van der Waals surface area contributed by atoms with Crippen molar-refractivity contribution in [3.05, 3.63) is 30.3 Å². The van der Waals surface area contributed by atoms with Gasteiger partial charge in [-0.05, 0) is 19.1 Å². The number of hydrogen-bond donors (Lipinski definition) is 0. The van der Waals surface area contributed by atoms with Crippen molar-refractivity contribution in [2.75, 3.05) is 25.7 Å². The first-order chi connectivity index (χ1) is 8.07. The topological polar surface area (TPSA) is 49.9 Å². The number of carbonyl (C=O) groups excluding carboxylic acids is 2. The average molecular weight is 236 g/mol. The summed E-state index contributed by atoms with van der Waals surface area (Å²) in [4.78, 5) is 22.9. The number of hydrazine groups is 1. The molecule has 0 saturated heterocycles. The van der Waals surface area contributed by atoms with Gasteiger partial charge in [0.1, 0.15) is 0 Å². The molecule has 0 aliphatic rings. The Kier molecular flexibility index (Phi) is 4.51. The third kappa shape index (κ3) is 3.21. The summed E-state index contributed by atoms with van der Waals surface area (Å²) >= 11 is 0. The first-order valence-corrected chi connectivity index (χ1v) is 5.31. The van der Waals surface area contributed by atoms with E-state index in [4.69, 9.17) is 0 Å². The lowest BCUT2D eigenvalue weighted by Crippen LogP contribution is -2.45. The van der Waals surface area contributed by atoms with Crippen LogP contribution in [0, 0.1) is 0 Å². The Morgan fingerprint density at radius 3 is 2.29 bits per heavy atom. The molecule has 17 heavy (non-hydrogen) atoms. The van der Waals surface area contributed by atoms with Crippen LogP contribution < -0.4 is 5.01 Å². The molecule has 5 nitrogen and oxygen atoms in total. The van der Waals surface area contributed by atoms with Crippen LogP contribution in [0.4, 0.5) is 5.69 Å². The van der Waals surface area contributed by atoms with Gasteiger partial charge >= 0.3 is 11.9 Å². The molecule has 0 heterocycles. The number of nitrogens with zero attached hydrogens (tertiary/aromatic N) is 2. The average Bonchev–Trinajstić information content (AvgIpc) is 2.37. The molecule has 0 fully saturated rings. The van der Waals surface area contributed by atoms with E-state index in [0.29, 0.717) is 0 Å². The number of anilines is 1. The number of esters is 1. The maximum atomic E-state index is 11.7. The summed E-state index contributed by atoms with van der Waals surface area (Å²) in [5.41, 5.74) is 0.813. The number of ether oxygens (including phenoxy) is 1. The lowest BCUT2D eigenvalue weighted by Gasteiger charge is -2.29. The van der Waals surface area contributed by atoms with Crippen molar-refractivity contribution < 1.29 is 14.3 Å². The molecule has 0 N–H and O–H groups in total. The Labute approximate surface area is 101 Å². The van der Waals surface area contributed by atoms with E-state index in [1.165, 1.54) is 12.1 Å². The Morgan fingerprint density at radius 2 is 1.76 bits per heavy atom. The van der Waals surface area contributed by atoms with E-state index in [2.05, 4.69) is 4.74 Å². The second-order valence-electron chi connectivity index (χ2n) is 3.41. The molecule has 92 valence electrons. The second kappa shape index (κ2) is 5.89. The van der Waals surface area contributed by atoms with Gasteiger partial charge < -0.3 is 4.74 Å². The molecule has 1 rings (SSSR count). The number of benzene rings is 1. The SMILES string of the molecule is CCOC(=O)C(=O)N(C)N(C)c1ccccc1. The van der Waals surface area contributed by atoms with Gasteiger partial charge in [0.05, 0.1) is 12.3 Å². The zero-order valence-corrected chi connectivity index (χ0v) is 10.2. The van der Waals surface area contributed by atoms with Crippen molar-refractivity contribution in [1.29, 1.82) is 0 Å². The van der Waals surface area contributed by atoms with E-state index in [9.17, 15) is 9.59 Å². The molecule has 0 spiro atoms. The van der Waals surface area contributed by atoms with Crippen LogP contribution in [0.2, 0.25) is 0 Å². The van der Waals surface area contributed by atoms with Gasteiger partial charge in [-0.1, -0.05) is 18.2 Å². The Balaban J connectivity index is 2.73. The molecule has 0 saturated carbocycles. The molecular weight excluding hydrogens is 220 g/mol. The van der Waals surface area contributed by atoms with Gasteiger partial charge in [-0.2, -0.15) is 0 Å². The van der Waals surface area contributed by atoms with Gasteiger partial charge in [-0.25, -0.2) is 9.80 Å². The predicted molar refractivity (Wildman–Crippen MR) is 64.2 cm³/mol. The number of hydrogen-bond acceptors (Lipinski definition) is 4. The van der Waals surface area contributed by atoms with Crippen molar-refractivity contribution in [2.45, 2.75) is 6.92 Å². The fourth-order valence-corrected chi connectivity index (χ4v) is 1.28. The number of carbonyl (C=O) groups is 2. The summed E-state index contributed by atoms with van der Waals surface area (Å²) in [6.45, 7) is 1.85. The van der Waals surface area contributed by atoms with Crippen LogP contribution in [-0.2, 0) is 14.3 Å². The molecule has 0 radical (unpaired) electrons. The molecular formula is C12H16N2O3. The highest BCUT2D eigenvalue weighted by Gasteiger charge is 2.23. The molecule has 0 aliphatic heterocycles. The minimum Gasteiger partial charge on any atom is -0.459 e. The fourth-order valence-electron chi connectivity index (χ4n) is 1.28. The zero-order valence-electron chi connectivity index (χ0n) is 10.2. The Bertz CT molecular complexity index is 392. The van der Waals surface area contributed by atoms with Crippen LogP contribution in [0.1, 0.15) is 6.92 Å². The van der Waals surface area contributed by atoms with E-state index in [1.54, 1.807) is 19.0 Å². The highest BCUT2D eigenvalue weighted by Crippen LogP contribution is 2.12. The largest absolute Gasteiger partial charge is 0.459 e. The quantitative estimate of drug-likeness (QED) is 0.447. The molecule has 1 aromatic rings. The van der Waals surface area contributed by atoms with E-state index < -0.39 is 11.9 Å². The van der Waals surface area contributed by atoms with Crippen molar-refractivity contribution in [3.63, 3.8) is 0 Å². The van der Waals surface area contributed by atoms with Crippen molar-refractivity contribution >= 4 is 17.6 Å². The minimum absolute atomic E-state index is 0.188. The lowest BCUT2D eigenvalue weighted by atomic mass is 10.3. The van der Waals surface area contributed by atoms with E-state index >= 15 is 0 Å². The monoisotopic (exact) mass is 236 g/mol. The van der Waals surface area contributed by atoms with Crippen LogP contribution in [0.3, 0.4) is 0 Å². The zero-order chi connectivity index (χ0) is 12.8. The van der Waals surface area contributed by atoms with Crippen LogP contribution in [0.25, 0.3) is 0 Å². The van der Waals surface area contributed by atoms with Gasteiger partial charge in [-0.15, -0.1) is 0 Å². The third-order valence-corrected chi connectivity index (χ3v) is 2.32. The smallest absolute Gasteiger partial charge is 0.398 e. The van der Waals surface area contributed by atoms with E-state index in [0.717, 1.165) is 5.69 Å². The normalized spacial score (nSPS) is 9.59. The number of rotatable bonds is 3. The minimum atomic E-state index is -0.849. The summed E-state index contributed by atoms with van der Waals surface area (Å²) in [5, 5.41) is 2.80. The molecule has 0 atom stereocenters. The summed E-state index contributed by atoms with van der Waals surface area (Å²) in [6, 6.07) is 9.28. The maximum absolute atomic E-state index is 11.7. The summed E-state index contributed by atoms with van der Waals surface area (Å²) in [5.74, 6) is -1.55.